The van der Waals surface area contributed by atoms with Gasteiger partial charge in [-0.25, -0.2) is 4.79 Å². The highest BCUT2D eigenvalue weighted by atomic mass is 35.5. The SMILES string of the molecule is COc1ccc(C)cc1NC(=O)NCc1cccc(Cl)c1. The van der Waals surface area contributed by atoms with Crippen molar-refractivity contribution in [2.45, 2.75) is 13.5 Å². The number of carbonyl (C=O) groups is 1. The molecule has 110 valence electrons. The van der Waals surface area contributed by atoms with E-state index in [1.807, 2.05) is 43.3 Å². The van der Waals surface area contributed by atoms with Crippen molar-refractivity contribution in [2.75, 3.05) is 12.4 Å². The third kappa shape index (κ3) is 4.39. The fraction of sp³-hybridized carbons (Fsp3) is 0.188. The van der Waals surface area contributed by atoms with Gasteiger partial charge >= 0.3 is 6.03 Å². The van der Waals surface area contributed by atoms with Gasteiger partial charge in [-0.1, -0.05) is 29.8 Å². The maximum Gasteiger partial charge on any atom is 0.319 e. The third-order valence-electron chi connectivity index (χ3n) is 2.95. The van der Waals surface area contributed by atoms with E-state index in [2.05, 4.69) is 10.6 Å². The molecule has 0 aliphatic rings. The van der Waals surface area contributed by atoms with Gasteiger partial charge in [-0.15, -0.1) is 0 Å². The monoisotopic (exact) mass is 304 g/mol. The van der Waals surface area contributed by atoms with Crippen molar-refractivity contribution in [2.24, 2.45) is 0 Å². The van der Waals surface area contributed by atoms with E-state index in [1.54, 1.807) is 13.2 Å². The van der Waals surface area contributed by atoms with E-state index in [1.165, 1.54) is 0 Å². The van der Waals surface area contributed by atoms with Gasteiger partial charge in [0.15, 0.2) is 0 Å². The molecule has 0 saturated heterocycles. The number of nitrogens with one attached hydrogen (secondary N) is 2. The molecule has 2 N–H and O–H groups in total. The summed E-state index contributed by atoms with van der Waals surface area (Å²) in [4.78, 5) is 11.9. The lowest BCUT2D eigenvalue weighted by Gasteiger charge is -2.12. The number of hydrogen-bond donors (Lipinski definition) is 2. The van der Waals surface area contributed by atoms with E-state index in [0.29, 0.717) is 23.0 Å². The average Bonchev–Trinajstić information content (AvgIpc) is 2.45. The van der Waals surface area contributed by atoms with Crippen LogP contribution in [0.25, 0.3) is 0 Å². The normalized spacial score (nSPS) is 10.0. The van der Waals surface area contributed by atoms with Crippen molar-refractivity contribution in [3.05, 3.63) is 58.6 Å². The summed E-state index contributed by atoms with van der Waals surface area (Å²) in [5.74, 6) is 0.624. The Morgan fingerprint density at radius 3 is 2.76 bits per heavy atom. The van der Waals surface area contributed by atoms with Gasteiger partial charge in [-0.2, -0.15) is 0 Å². The Morgan fingerprint density at radius 1 is 1.24 bits per heavy atom. The summed E-state index contributed by atoms with van der Waals surface area (Å²) in [7, 11) is 1.57. The number of aryl methyl sites for hydroxylation is 1. The van der Waals surface area contributed by atoms with Gasteiger partial charge in [0.2, 0.25) is 0 Å². The van der Waals surface area contributed by atoms with E-state index < -0.39 is 0 Å². The highest BCUT2D eigenvalue weighted by Gasteiger charge is 2.07. The molecule has 2 aromatic carbocycles. The first kappa shape index (κ1) is 15.2. The minimum Gasteiger partial charge on any atom is -0.495 e. The van der Waals surface area contributed by atoms with Crippen molar-refractivity contribution >= 4 is 23.3 Å². The summed E-state index contributed by atoms with van der Waals surface area (Å²) < 4.78 is 5.22. The number of hydrogen-bond acceptors (Lipinski definition) is 2. The van der Waals surface area contributed by atoms with Gasteiger partial charge in [0.1, 0.15) is 5.75 Å². The summed E-state index contributed by atoms with van der Waals surface area (Å²) in [5, 5.41) is 6.21. The van der Waals surface area contributed by atoms with Crippen LogP contribution in [0, 0.1) is 6.92 Å². The van der Waals surface area contributed by atoms with E-state index in [9.17, 15) is 4.79 Å². The lowest BCUT2D eigenvalue weighted by atomic mass is 10.2. The molecule has 21 heavy (non-hydrogen) atoms. The predicted molar refractivity (Wildman–Crippen MR) is 85.0 cm³/mol. The van der Waals surface area contributed by atoms with Crippen LogP contribution in [0.3, 0.4) is 0 Å². The number of carbonyl (C=O) groups excluding carboxylic acids is 1. The second-order valence-corrected chi connectivity index (χ2v) is 5.08. The van der Waals surface area contributed by atoms with Crippen LogP contribution in [-0.4, -0.2) is 13.1 Å². The van der Waals surface area contributed by atoms with Crippen LogP contribution in [0.15, 0.2) is 42.5 Å². The highest BCUT2D eigenvalue weighted by molar-refractivity contribution is 6.30. The maximum atomic E-state index is 11.9. The Morgan fingerprint density at radius 2 is 2.05 bits per heavy atom. The van der Waals surface area contributed by atoms with E-state index in [4.69, 9.17) is 16.3 Å². The molecule has 0 atom stereocenters. The molecule has 2 amide bonds. The maximum absolute atomic E-state index is 11.9. The summed E-state index contributed by atoms with van der Waals surface area (Å²) in [5.41, 5.74) is 2.62. The number of amides is 2. The van der Waals surface area contributed by atoms with Crippen molar-refractivity contribution in [1.82, 2.24) is 5.32 Å². The number of urea groups is 1. The van der Waals surface area contributed by atoms with Crippen LogP contribution in [0.4, 0.5) is 10.5 Å². The Kier molecular flexibility index (Phi) is 5.06. The number of rotatable bonds is 4. The van der Waals surface area contributed by atoms with Crippen molar-refractivity contribution in [1.29, 1.82) is 0 Å². The van der Waals surface area contributed by atoms with E-state index in [-0.39, 0.29) is 6.03 Å². The topological polar surface area (TPSA) is 50.4 Å². The summed E-state index contributed by atoms with van der Waals surface area (Å²) in [6, 6.07) is 12.7. The zero-order chi connectivity index (χ0) is 15.2. The van der Waals surface area contributed by atoms with Crippen LogP contribution in [0.2, 0.25) is 5.02 Å². The highest BCUT2D eigenvalue weighted by Crippen LogP contribution is 2.24. The summed E-state index contributed by atoms with van der Waals surface area (Å²) in [6.07, 6.45) is 0. The molecule has 0 heterocycles. The van der Waals surface area contributed by atoms with Crippen LogP contribution in [0.1, 0.15) is 11.1 Å². The molecule has 0 radical (unpaired) electrons. The largest absolute Gasteiger partial charge is 0.495 e. The molecule has 0 unspecified atom stereocenters. The molecule has 0 aromatic heterocycles. The zero-order valence-electron chi connectivity index (χ0n) is 11.9. The molecule has 5 heteroatoms. The molecule has 0 fully saturated rings. The quantitative estimate of drug-likeness (QED) is 0.897. The molecule has 0 spiro atoms. The minimum atomic E-state index is -0.293. The molecule has 0 bridgehead atoms. The number of anilines is 1. The van der Waals surface area contributed by atoms with Crippen LogP contribution >= 0.6 is 11.6 Å². The van der Waals surface area contributed by atoms with Gasteiger partial charge in [-0.05, 0) is 42.3 Å². The first-order valence-electron chi connectivity index (χ1n) is 6.52. The molecule has 0 aliphatic heterocycles. The first-order valence-corrected chi connectivity index (χ1v) is 6.90. The molecule has 2 rings (SSSR count). The Bertz CT molecular complexity index is 644. The smallest absolute Gasteiger partial charge is 0.319 e. The van der Waals surface area contributed by atoms with Gasteiger partial charge < -0.3 is 15.4 Å². The fourth-order valence-corrected chi connectivity index (χ4v) is 2.13. The standard InChI is InChI=1S/C16H17ClN2O2/c1-11-6-7-15(21-2)14(8-11)19-16(20)18-10-12-4-3-5-13(17)9-12/h3-9H,10H2,1-2H3,(H2,18,19,20). The Balaban J connectivity index is 1.97. The van der Waals surface area contributed by atoms with Crippen LogP contribution in [0.5, 0.6) is 5.75 Å². The second-order valence-electron chi connectivity index (χ2n) is 4.64. The van der Waals surface area contributed by atoms with Crippen molar-refractivity contribution < 1.29 is 9.53 Å². The van der Waals surface area contributed by atoms with Crippen LogP contribution < -0.4 is 15.4 Å². The number of ether oxygens (including phenoxy) is 1. The van der Waals surface area contributed by atoms with E-state index in [0.717, 1.165) is 11.1 Å². The molecule has 0 aliphatic carbocycles. The van der Waals surface area contributed by atoms with Gasteiger partial charge in [0, 0.05) is 11.6 Å². The minimum absolute atomic E-state index is 0.293. The van der Waals surface area contributed by atoms with Gasteiger partial charge in [-0.3, -0.25) is 0 Å². The lowest BCUT2D eigenvalue weighted by Crippen LogP contribution is -2.28. The van der Waals surface area contributed by atoms with Crippen molar-refractivity contribution in [3.63, 3.8) is 0 Å². The number of methoxy groups -OCH3 is 1. The van der Waals surface area contributed by atoms with Crippen molar-refractivity contribution in [3.8, 4) is 5.75 Å². The Labute approximate surface area is 129 Å². The third-order valence-corrected chi connectivity index (χ3v) is 3.18. The van der Waals surface area contributed by atoms with Gasteiger partial charge in [0.05, 0.1) is 12.8 Å². The predicted octanol–water partition coefficient (Wildman–Crippen LogP) is 3.98. The second kappa shape index (κ2) is 6.99. The molecular formula is C16H17ClN2O2. The number of halogens is 1. The van der Waals surface area contributed by atoms with Crippen LogP contribution in [-0.2, 0) is 6.54 Å². The molecular weight excluding hydrogens is 288 g/mol. The zero-order valence-corrected chi connectivity index (χ0v) is 12.7. The molecule has 0 saturated carbocycles. The fourth-order valence-electron chi connectivity index (χ4n) is 1.92. The Hall–Kier alpha value is -2.20. The molecule has 2 aromatic rings. The van der Waals surface area contributed by atoms with Gasteiger partial charge in [0.25, 0.3) is 0 Å². The summed E-state index contributed by atoms with van der Waals surface area (Å²) in [6.45, 7) is 2.36. The molecule has 4 nitrogen and oxygen atoms in total. The van der Waals surface area contributed by atoms with E-state index >= 15 is 0 Å². The first-order chi connectivity index (χ1) is 10.1. The number of benzene rings is 2. The average molecular weight is 305 g/mol. The summed E-state index contributed by atoms with van der Waals surface area (Å²) >= 11 is 5.90. The lowest BCUT2D eigenvalue weighted by molar-refractivity contribution is 0.251.